The van der Waals surface area contributed by atoms with Gasteiger partial charge in [-0.15, -0.1) is 0 Å². The van der Waals surface area contributed by atoms with Gasteiger partial charge in [-0.1, -0.05) is 0 Å². The van der Waals surface area contributed by atoms with Gasteiger partial charge in [0.1, 0.15) is 17.6 Å². The van der Waals surface area contributed by atoms with Crippen LogP contribution >= 0.6 is 0 Å². The highest BCUT2D eigenvalue weighted by Crippen LogP contribution is 2.29. The van der Waals surface area contributed by atoms with Crippen LogP contribution in [-0.2, 0) is 22.7 Å². The quantitative estimate of drug-likeness (QED) is 0.758. The van der Waals surface area contributed by atoms with Crippen LogP contribution in [0.2, 0.25) is 0 Å². The largest absolute Gasteiger partial charge is 0.465 e. The molecule has 1 fully saturated rings. The third-order valence-corrected chi connectivity index (χ3v) is 3.50. The van der Waals surface area contributed by atoms with E-state index in [0.717, 1.165) is 11.3 Å². The number of nitrogens with zero attached hydrogens (tertiary/aromatic N) is 2. The van der Waals surface area contributed by atoms with Crippen LogP contribution in [0.5, 0.6) is 0 Å². The Kier molecular flexibility index (Phi) is 3.10. The van der Waals surface area contributed by atoms with Crippen molar-refractivity contribution in [3.63, 3.8) is 0 Å². The first kappa shape index (κ1) is 12.3. The lowest BCUT2D eigenvalue weighted by molar-refractivity contribution is 0.0601. The lowest BCUT2D eigenvalue weighted by Gasteiger charge is -2.20. The Hall–Kier alpha value is -1.69. The molecule has 2 aliphatic rings. The fourth-order valence-corrected chi connectivity index (χ4v) is 2.50. The number of rotatable bonds is 2. The maximum Gasteiger partial charge on any atom is 0.341 e. The van der Waals surface area contributed by atoms with Gasteiger partial charge < -0.3 is 14.4 Å². The molecule has 0 bridgehead atoms. The van der Waals surface area contributed by atoms with E-state index >= 15 is 0 Å². The maximum absolute atomic E-state index is 13.3. The van der Waals surface area contributed by atoms with Gasteiger partial charge in [0.2, 0.25) is 0 Å². The van der Waals surface area contributed by atoms with Gasteiger partial charge in [-0.3, -0.25) is 0 Å². The predicted molar refractivity (Wildman–Crippen MR) is 65.8 cm³/mol. The molecule has 0 amide bonds. The van der Waals surface area contributed by atoms with Crippen LogP contribution in [0.25, 0.3) is 0 Å². The van der Waals surface area contributed by atoms with Crippen LogP contribution in [0.4, 0.5) is 10.2 Å². The second-order valence-electron chi connectivity index (χ2n) is 4.78. The lowest BCUT2D eigenvalue weighted by Crippen LogP contribution is -2.24. The average Bonchev–Trinajstić information content (AvgIpc) is 3.04. The van der Waals surface area contributed by atoms with Gasteiger partial charge in [-0.2, -0.15) is 0 Å². The molecule has 0 aromatic carbocycles. The Morgan fingerprint density at radius 3 is 3.11 bits per heavy atom. The number of alkyl halides is 1. The van der Waals surface area contributed by atoms with Crippen molar-refractivity contribution < 1.29 is 18.7 Å². The predicted octanol–water partition coefficient (Wildman–Crippen LogP) is 1.45. The third kappa shape index (κ3) is 2.16. The Bertz CT molecular complexity index is 521. The Balaban J connectivity index is 2.03. The van der Waals surface area contributed by atoms with E-state index in [0.29, 0.717) is 37.6 Å². The number of esters is 1. The first-order chi connectivity index (χ1) is 9.19. The summed E-state index contributed by atoms with van der Waals surface area (Å²) >= 11 is 0. The molecule has 1 aromatic heterocycles. The molecule has 0 unspecified atom stereocenters. The van der Waals surface area contributed by atoms with Gasteiger partial charge in [0.15, 0.2) is 0 Å². The number of anilines is 1. The summed E-state index contributed by atoms with van der Waals surface area (Å²) in [5, 5.41) is 0. The standard InChI is InChI=1S/C13H15FN2O3/c1-18-13(17)10-4-8-6-19-7-11(8)15-12(10)16-3-2-9(14)5-16/h4,9H,2-3,5-7H2,1H3/t9-/m0/s1. The molecule has 0 spiro atoms. The summed E-state index contributed by atoms with van der Waals surface area (Å²) in [6.45, 7) is 1.74. The third-order valence-electron chi connectivity index (χ3n) is 3.50. The highest BCUT2D eigenvalue weighted by atomic mass is 19.1. The highest BCUT2D eigenvalue weighted by Gasteiger charge is 2.29. The van der Waals surface area contributed by atoms with Crippen LogP contribution < -0.4 is 4.90 Å². The second kappa shape index (κ2) is 4.77. The summed E-state index contributed by atoms with van der Waals surface area (Å²) in [5.41, 5.74) is 2.12. The molecule has 1 atom stereocenters. The highest BCUT2D eigenvalue weighted by molar-refractivity contribution is 5.95. The van der Waals surface area contributed by atoms with Crippen molar-refractivity contribution in [2.45, 2.75) is 25.8 Å². The molecule has 0 aliphatic carbocycles. The Morgan fingerprint density at radius 2 is 2.42 bits per heavy atom. The monoisotopic (exact) mass is 266 g/mol. The molecule has 5 nitrogen and oxygen atoms in total. The van der Waals surface area contributed by atoms with Crippen LogP contribution in [0.15, 0.2) is 6.07 Å². The second-order valence-corrected chi connectivity index (χ2v) is 4.78. The number of aromatic nitrogens is 1. The van der Waals surface area contributed by atoms with Crippen LogP contribution in [0.3, 0.4) is 0 Å². The lowest BCUT2D eigenvalue weighted by atomic mass is 10.1. The summed E-state index contributed by atoms with van der Waals surface area (Å²) in [4.78, 5) is 18.1. The number of pyridine rings is 1. The topological polar surface area (TPSA) is 51.7 Å². The van der Waals surface area contributed by atoms with E-state index in [-0.39, 0.29) is 6.54 Å². The molecule has 102 valence electrons. The van der Waals surface area contributed by atoms with Gasteiger partial charge in [0.25, 0.3) is 0 Å². The van der Waals surface area contributed by atoms with Crippen LogP contribution in [0, 0.1) is 0 Å². The normalized spacial score (nSPS) is 21.6. The molecule has 0 radical (unpaired) electrons. The number of halogens is 1. The minimum absolute atomic E-state index is 0.274. The molecule has 3 rings (SSSR count). The van der Waals surface area contributed by atoms with E-state index in [1.165, 1.54) is 7.11 Å². The van der Waals surface area contributed by atoms with Crippen molar-refractivity contribution >= 4 is 11.8 Å². The summed E-state index contributed by atoms with van der Waals surface area (Å²) in [7, 11) is 1.33. The molecule has 1 aromatic rings. The van der Waals surface area contributed by atoms with Crippen LogP contribution in [-0.4, -0.2) is 37.3 Å². The van der Waals surface area contributed by atoms with E-state index in [4.69, 9.17) is 9.47 Å². The molecule has 1 saturated heterocycles. The molecule has 2 aliphatic heterocycles. The summed E-state index contributed by atoms with van der Waals surface area (Å²) in [5.74, 6) is 0.0655. The first-order valence-electron chi connectivity index (χ1n) is 6.27. The Morgan fingerprint density at radius 1 is 1.58 bits per heavy atom. The van der Waals surface area contributed by atoms with E-state index in [1.807, 2.05) is 0 Å². The van der Waals surface area contributed by atoms with Crippen molar-refractivity contribution in [3.8, 4) is 0 Å². The number of methoxy groups -OCH3 is 1. The minimum atomic E-state index is -0.864. The SMILES string of the molecule is COC(=O)c1cc2c(nc1N1CC[C@H](F)C1)COC2. The fraction of sp³-hybridized carbons (Fsp3) is 0.538. The maximum atomic E-state index is 13.3. The zero-order chi connectivity index (χ0) is 13.4. The molecule has 0 saturated carbocycles. The number of carbonyl (C=O) groups is 1. The number of hydrogen-bond acceptors (Lipinski definition) is 5. The van der Waals surface area contributed by atoms with Crippen LogP contribution in [0.1, 0.15) is 28.0 Å². The zero-order valence-electron chi connectivity index (χ0n) is 10.7. The van der Waals surface area contributed by atoms with Crippen molar-refractivity contribution in [1.29, 1.82) is 0 Å². The van der Waals surface area contributed by atoms with Crippen molar-refractivity contribution in [3.05, 3.63) is 22.9 Å². The Labute approximate surface area is 110 Å². The molecule has 19 heavy (non-hydrogen) atoms. The molecular formula is C13H15FN2O3. The number of carbonyl (C=O) groups excluding carboxylic acids is 1. The van der Waals surface area contributed by atoms with Gasteiger partial charge in [0.05, 0.1) is 32.6 Å². The number of fused-ring (bicyclic) bond motifs is 1. The van der Waals surface area contributed by atoms with Gasteiger partial charge in [0, 0.05) is 12.1 Å². The minimum Gasteiger partial charge on any atom is -0.465 e. The van der Waals surface area contributed by atoms with E-state index in [1.54, 1.807) is 11.0 Å². The zero-order valence-corrected chi connectivity index (χ0v) is 10.7. The van der Waals surface area contributed by atoms with E-state index < -0.39 is 12.1 Å². The fourth-order valence-electron chi connectivity index (χ4n) is 2.50. The molecule has 0 N–H and O–H groups in total. The summed E-state index contributed by atoms with van der Waals surface area (Å²) in [6, 6.07) is 1.75. The number of hydrogen-bond donors (Lipinski definition) is 0. The van der Waals surface area contributed by atoms with Crippen molar-refractivity contribution in [2.24, 2.45) is 0 Å². The number of ether oxygens (including phenoxy) is 2. The average molecular weight is 266 g/mol. The van der Waals surface area contributed by atoms with Gasteiger partial charge in [-0.25, -0.2) is 14.2 Å². The summed E-state index contributed by atoms with van der Waals surface area (Å²) in [6.07, 6.45) is -0.396. The van der Waals surface area contributed by atoms with E-state index in [9.17, 15) is 9.18 Å². The van der Waals surface area contributed by atoms with E-state index in [2.05, 4.69) is 4.98 Å². The van der Waals surface area contributed by atoms with Gasteiger partial charge in [-0.05, 0) is 12.5 Å². The summed E-state index contributed by atoms with van der Waals surface area (Å²) < 4.78 is 23.4. The van der Waals surface area contributed by atoms with Crippen molar-refractivity contribution in [2.75, 3.05) is 25.1 Å². The molecule has 6 heteroatoms. The molecular weight excluding hydrogens is 251 g/mol. The smallest absolute Gasteiger partial charge is 0.341 e. The first-order valence-corrected chi connectivity index (χ1v) is 6.27. The van der Waals surface area contributed by atoms with Crippen molar-refractivity contribution in [1.82, 2.24) is 4.98 Å². The van der Waals surface area contributed by atoms with Gasteiger partial charge >= 0.3 is 5.97 Å². The molecule has 3 heterocycles.